The molecule has 2 rings (SSSR count). The number of esters is 1. The van der Waals surface area contributed by atoms with Crippen LogP contribution in [0.5, 0.6) is 0 Å². The first-order valence-electron chi connectivity index (χ1n) is 9.47. The third kappa shape index (κ3) is 7.33. The first kappa shape index (κ1) is 28.5. The van der Waals surface area contributed by atoms with Crippen molar-refractivity contribution in [3.63, 3.8) is 0 Å². The van der Waals surface area contributed by atoms with Crippen molar-refractivity contribution in [1.82, 2.24) is 4.90 Å². The van der Waals surface area contributed by atoms with Gasteiger partial charge in [0.15, 0.2) is 6.23 Å². The van der Waals surface area contributed by atoms with E-state index in [4.69, 9.17) is 9.47 Å². The second kappa shape index (κ2) is 13.7. The van der Waals surface area contributed by atoms with Gasteiger partial charge in [-0.1, -0.05) is 13.8 Å². The average molecular weight is 453 g/mol. The van der Waals surface area contributed by atoms with Crippen LogP contribution in [0.1, 0.15) is 24.2 Å². The van der Waals surface area contributed by atoms with Gasteiger partial charge in [0.1, 0.15) is 31.0 Å². The minimum absolute atomic E-state index is 0. The standard InChI is InChI=1S/C19H30N2O7.ClH.H2O/c1-3-21(4-2)9-10-27-19(26)12-5-7-13(8-6-12)20-18-17(25)16(24)15(23)14(11-22)28-18;;/h5-8,14-18,20,22-25H,3-4,9-11H2,1-2H3;1H;1H2. The first-order chi connectivity index (χ1) is 13.4. The Morgan fingerprint density at radius 2 is 1.70 bits per heavy atom. The van der Waals surface area contributed by atoms with Crippen LogP contribution in [0.4, 0.5) is 5.69 Å². The van der Waals surface area contributed by atoms with E-state index < -0.39 is 43.2 Å². The molecule has 0 radical (unpaired) electrons. The number of likely N-dealkylation sites (N-methyl/N-ethyl adjacent to an activating group) is 1. The lowest BCUT2D eigenvalue weighted by Crippen LogP contribution is -2.60. The maximum absolute atomic E-state index is 12.1. The zero-order valence-corrected chi connectivity index (χ0v) is 17.9. The SMILES string of the molecule is CCN(CC)CCOC(=O)c1ccc(NC2OC(CO)C(O)C(O)C2O)cc1.Cl.O. The van der Waals surface area contributed by atoms with Gasteiger partial charge in [0.25, 0.3) is 0 Å². The smallest absolute Gasteiger partial charge is 0.338 e. The van der Waals surface area contributed by atoms with E-state index in [1.807, 2.05) is 13.8 Å². The molecule has 5 atom stereocenters. The molecule has 7 N–H and O–H groups in total. The lowest BCUT2D eigenvalue weighted by Gasteiger charge is -2.40. The van der Waals surface area contributed by atoms with Crippen molar-refractivity contribution in [1.29, 1.82) is 0 Å². The number of benzene rings is 1. The number of ether oxygens (including phenoxy) is 2. The van der Waals surface area contributed by atoms with Crippen LogP contribution in [0.15, 0.2) is 24.3 Å². The molecule has 1 fully saturated rings. The zero-order valence-electron chi connectivity index (χ0n) is 17.1. The largest absolute Gasteiger partial charge is 0.461 e. The molecule has 0 amide bonds. The molecule has 1 saturated heterocycles. The Morgan fingerprint density at radius 3 is 2.23 bits per heavy atom. The molecule has 0 spiro atoms. The molecule has 11 heteroatoms. The Balaban J connectivity index is 0.00000420. The molecular formula is C19H33ClN2O8. The summed E-state index contributed by atoms with van der Waals surface area (Å²) in [5.41, 5.74) is 0.919. The highest BCUT2D eigenvalue weighted by molar-refractivity contribution is 5.89. The summed E-state index contributed by atoms with van der Waals surface area (Å²) in [6.07, 6.45) is -6.27. The Kier molecular flexibility index (Phi) is 13.0. The van der Waals surface area contributed by atoms with Gasteiger partial charge in [-0.25, -0.2) is 4.79 Å². The summed E-state index contributed by atoms with van der Waals surface area (Å²) in [7, 11) is 0. The van der Waals surface area contributed by atoms with Crippen LogP contribution in [-0.2, 0) is 9.47 Å². The van der Waals surface area contributed by atoms with Crippen molar-refractivity contribution in [2.24, 2.45) is 0 Å². The highest BCUT2D eigenvalue weighted by Gasteiger charge is 2.43. The van der Waals surface area contributed by atoms with Gasteiger partial charge in [-0.05, 0) is 37.4 Å². The summed E-state index contributed by atoms with van der Waals surface area (Å²) in [6.45, 7) is 6.37. The molecule has 5 unspecified atom stereocenters. The molecule has 10 nitrogen and oxygen atoms in total. The van der Waals surface area contributed by atoms with Crippen molar-refractivity contribution >= 4 is 24.1 Å². The van der Waals surface area contributed by atoms with Gasteiger partial charge in [-0.2, -0.15) is 0 Å². The number of carbonyl (C=O) groups is 1. The van der Waals surface area contributed by atoms with Gasteiger partial charge in [0, 0.05) is 12.2 Å². The third-order valence-electron chi connectivity index (χ3n) is 4.86. The molecule has 0 saturated carbocycles. The van der Waals surface area contributed by atoms with Crippen LogP contribution < -0.4 is 5.32 Å². The van der Waals surface area contributed by atoms with Gasteiger partial charge in [-0.15, -0.1) is 12.4 Å². The lowest BCUT2D eigenvalue weighted by atomic mass is 9.98. The van der Waals surface area contributed by atoms with Gasteiger partial charge in [0.05, 0.1) is 12.2 Å². The van der Waals surface area contributed by atoms with E-state index in [2.05, 4.69) is 10.2 Å². The molecule has 30 heavy (non-hydrogen) atoms. The normalized spacial score (nSPS) is 25.8. The second-order valence-corrected chi connectivity index (χ2v) is 6.63. The molecule has 1 aliphatic heterocycles. The number of hydrogen-bond acceptors (Lipinski definition) is 9. The Bertz CT molecular complexity index is 615. The number of halogens is 1. The maximum atomic E-state index is 12.1. The van der Waals surface area contributed by atoms with E-state index in [9.17, 15) is 25.2 Å². The first-order valence-corrected chi connectivity index (χ1v) is 9.47. The number of rotatable bonds is 9. The van der Waals surface area contributed by atoms with E-state index in [1.54, 1.807) is 24.3 Å². The quantitative estimate of drug-likeness (QED) is 0.295. The lowest BCUT2D eigenvalue weighted by molar-refractivity contribution is -0.221. The number of nitrogens with one attached hydrogen (secondary N) is 1. The van der Waals surface area contributed by atoms with E-state index in [1.165, 1.54) is 0 Å². The van der Waals surface area contributed by atoms with Crippen LogP contribution in [0.3, 0.4) is 0 Å². The molecule has 0 aliphatic carbocycles. The number of hydrogen-bond donors (Lipinski definition) is 5. The van der Waals surface area contributed by atoms with Crippen molar-refractivity contribution in [3.8, 4) is 0 Å². The molecule has 0 bridgehead atoms. The van der Waals surface area contributed by atoms with Crippen molar-refractivity contribution in [2.75, 3.05) is 38.2 Å². The van der Waals surface area contributed by atoms with Crippen LogP contribution in [0.2, 0.25) is 0 Å². The minimum Gasteiger partial charge on any atom is -0.461 e. The van der Waals surface area contributed by atoms with Crippen LogP contribution in [-0.4, -0.2) is 100 Å². The topological polar surface area (TPSA) is 163 Å². The van der Waals surface area contributed by atoms with E-state index in [-0.39, 0.29) is 17.9 Å². The summed E-state index contributed by atoms with van der Waals surface area (Å²) in [5.74, 6) is -0.424. The Morgan fingerprint density at radius 1 is 1.10 bits per heavy atom. The minimum atomic E-state index is -1.46. The van der Waals surface area contributed by atoms with Crippen LogP contribution in [0, 0.1) is 0 Å². The number of nitrogens with zero attached hydrogens (tertiary/aromatic N) is 1. The zero-order chi connectivity index (χ0) is 20.7. The molecular weight excluding hydrogens is 420 g/mol. The summed E-state index contributed by atoms with van der Waals surface area (Å²) in [5, 5.41) is 41.8. The Hall–Kier alpha value is -1.50. The number of aliphatic hydroxyl groups excluding tert-OH is 4. The van der Waals surface area contributed by atoms with E-state index in [0.29, 0.717) is 24.4 Å². The van der Waals surface area contributed by atoms with Crippen LogP contribution >= 0.6 is 12.4 Å². The molecule has 1 heterocycles. The predicted octanol–water partition coefficient (Wildman–Crippen LogP) is -1.01. The highest BCUT2D eigenvalue weighted by Crippen LogP contribution is 2.23. The molecule has 0 aromatic heterocycles. The fourth-order valence-corrected chi connectivity index (χ4v) is 2.98. The van der Waals surface area contributed by atoms with Gasteiger partial charge >= 0.3 is 5.97 Å². The summed E-state index contributed by atoms with van der Waals surface area (Å²) >= 11 is 0. The Labute approximate surface area is 182 Å². The van der Waals surface area contributed by atoms with Crippen molar-refractivity contribution < 1.29 is 40.2 Å². The van der Waals surface area contributed by atoms with Crippen LogP contribution in [0.25, 0.3) is 0 Å². The number of aliphatic hydroxyl groups is 4. The van der Waals surface area contributed by atoms with Crippen molar-refractivity contribution in [3.05, 3.63) is 29.8 Å². The van der Waals surface area contributed by atoms with Gasteiger partial charge < -0.3 is 45.6 Å². The summed E-state index contributed by atoms with van der Waals surface area (Å²) in [4.78, 5) is 14.3. The number of carbonyl (C=O) groups excluding carboxylic acids is 1. The predicted molar refractivity (Wildman–Crippen MR) is 113 cm³/mol. The molecule has 174 valence electrons. The maximum Gasteiger partial charge on any atom is 0.338 e. The average Bonchev–Trinajstić information content (AvgIpc) is 2.72. The molecule has 1 aliphatic rings. The second-order valence-electron chi connectivity index (χ2n) is 6.63. The fourth-order valence-electron chi connectivity index (χ4n) is 2.98. The third-order valence-corrected chi connectivity index (χ3v) is 4.86. The van der Waals surface area contributed by atoms with E-state index >= 15 is 0 Å². The fraction of sp³-hybridized carbons (Fsp3) is 0.632. The van der Waals surface area contributed by atoms with Crippen molar-refractivity contribution in [2.45, 2.75) is 44.5 Å². The van der Waals surface area contributed by atoms with Gasteiger partial charge in [0.2, 0.25) is 0 Å². The highest BCUT2D eigenvalue weighted by atomic mass is 35.5. The molecule has 1 aromatic carbocycles. The van der Waals surface area contributed by atoms with Gasteiger partial charge in [-0.3, -0.25) is 0 Å². The summed E-state index contributed by atoms with van der Waals surface area (Å²) < 4.78 is 10.7. The summed E-state index contributed by atoms with van der Waals surface area (Å²) in [6, 6.07) is 6.38. The monoisotopic (exact) mass is 452 g/mol. The molecule has 1 aromatic rings. The number of anilines is 1. The van der Waals surface area contributed by atoms with E-state index in [0.717, 1.165) is 13.1 Å².